The van der Waals surface area contributed by atoms with Gasteiger partial charge in [-0.3, -0.25) is 4.79 Å². The number of aliphatic hydroxyl groups is 1. The molecule has 1 unspecified atom stereocenters. The van der Waals surface area contributed by atoms with E-state index in [1.165, 1.54) is 167 Å². The van der Waals surface area contributed by atoms with E-state index in [1.807, 2.05) is 0 Å². The Morgan fingerprint density at radius 3 is 1.25 bits per heavy atom. The molecule has 1 N–H and O–H groups in total. The molecular formula is C47H86O4. The highest BCUT2D eigenvalue weighted by molar-refractivity contribution is 5.69. The fraction of sp³-hybridized carbons (Fsp3) is 0.809. The predicted octanol–water partition coefficient (Wildman–Crippen LogP) is 14.7. The van der Waals surface area contributed by atoms with Crippen LogP contribution in [0.25, 0.3) is 0 Å². The van der Waals surface area contributed by atoms with Crippen LogP contribution in [0.2, 0.25) is 0 Å². The summed E-state index contributed by atoms with van der Waals surface area (Å²) in [6.45, 7) is 5.31. The number of esters is 1. The number of rotatable bonds is 41. The summed E-state index contributed by atoms with van der Waals surface area (Å²) in [5.74, 6) is -0.207. The normalized spacial score (nSPS) is 12.8. The average Bonchev–Trinajstić information content (AvgIpc) is 3.14. The van der Waals surface area contributed by atoms with Crippen LogP contribution in [-0.2, 0) is 14.3 Å². The van der Waals surface area contributed by atoms with Gasteiger partial charge in [-0.15, -0.1) is 0 Å². The first kappa shape index (κ1) is 49.4. The monoisotopic (exact) mass is 715 g/mol. The van der Waals surface area contributed by atoms with Crippen LogP contribution in [0, 0.1) is 0 Å². The molecule has 0 radical (unpaired) electrons. The topological polar surface area (TPSA) is 55.8 Å². The van der Waals surface area contributed by atoms with Gasteiger partial charge >= 0.3 is 5.97 Å². The Kier molecular flexibility index (Phi) is 43.1. The van der Waals surface area contributed by atoms with Gasteiger partial charge in [-0.25, -0.2) is 0 Å². The lowest BCUT2D eigenvalue weighted by Crippen LogP contribution is -2.27. The molecule has 4 heteroatoms. The van der Waals surface area contributed by atoms with Crippen LogP contribution in [0.15, 0.2) is 48.6 Å². The summed E-state index contributed by atoms with van der Waals surface area (Å²) in [4.78, 5) is 12.2. The van der Waals surface area contributed by atoms with Gasteiger partial charge in [-0.2, -0.15) is 0 Å². The molecule has 4 nitrogen and oxygen atoms in total. The first-order valence-corrected chi connectivity index (χ1v) is 22.2. The Labute approximate surface area is 318 Å². The Balaban J connectivity index is 3.44. The molecule has 1 atom stereocenters. The average molecular weight is 715 g/mol. The van der Waals surface area contributed by atoms with Gasteiger partial charge in [0.25, 0.3) is 0 Å². The van der Waals surface area contributed by atoms with Gasteiger partial charge in [0.15, 0.2) is 0 Å². The molecule has 0 aliphatic carbocycles. The summed E-state index contributed by atoms with van der Waals surface area (Å²) in [5.41, 5.74) is 0. The van der Waals surface area contributed by atoms with E-state index >= 15 is 0 Å². The lowest BCUT2D eigenvalue weighted by atomic mass is 10.1. The molecule has 0 aromatic rings. The van der Waals surface area contributed by atoms with Gasteiger partial charge in [-0.05, 0) is 77.0 Å². The maximum atomic E-state index is 12.2. The number of ether oxygens (including phenoxy) is 2. The smallest absolute Gasteiger partial charge is 0.306 e. The van der Waals surface area contributed by atoms with Gasteiger partial charge < -0.3 is 14.6 Å². The van der Waals surface area contributed by atoms with Gasteiger partial charge in [0.05, 0.1) is 13.2 Å². The van der Waals surface area contributed by atoms with E-state index in [0.717, 1.165) is 32.1 Å². The first-order valence-electron chi connectivity index (χ1n) is 22.2. The molecule has 0 heterocycles. The second-order valence-electron chi connectivity index (χ2n) is 14.8. The minimum absolute atomic E-state index is 0.176. The molecule has 0 bridgehead atoms. The van der Waals surface area contributed by atoms with Crippen molar-refractivity contribution in [2.75, 3.05) is 19.8 Å². The largest absolute Gasteiger partial charge is 0.457 e. The highest BCUT2D eigenvalue weighted by Crippen LogP contribution is 2.14. The summed E-state index contributed by atoms with van der Waals surface area (Å²) in [5, 5.41) is 9.61. The first-order chi connectivity index (χ1) is 25.2. The van der Waals surface area contributed by atoms with Crippen LogP contribution >= 0.6 is 0 Å². The van der Waals surface area contributed by atoms with Gasteiger partial charge in [0.2, 0.25) is 0 Å². The summed E-state index contributed by atoms with van der Waals surface area (Å²) >= 11 is 0. The Bertz CT molecular complexity index is 798. The molecule has 0 spiro atoms. The van der Waals surface area contributed by atoms with Crippen molar-refractivity contribution in [3.63, 3.8) is 0 Å². The number of aliphatic hydroxyl groups excluding tert-OH is 1. The quantitative estimate of drug-likeness (QED) is 0.0389. The fourth-order valence-corrected chi connectivity index (χ4v) is 6.27. The van der Waals surface area contributed by atoms with E-state index < -0.39 is 6.10 Å². The van der Waals surface area contributed by atoms with Gasteiger partial charge in [0, 0.05) is 13.0 Å². The number of hydrogen-bond acceptors (Lipinski definition) is 4. The third kappa shape index (κ3) is 42.7. The zero-order valence-electron chi connectivity index (χ0n) is 34.1. The molecule has 0 aliphatic rings. The van der Waals surface area contributed by atoms with Gasteiger partial charge in [0.1, 0.15) is 6.10 Å². The van der Waals surface area contributed by atoms with Crippen molar-refractivity contribution in [1.29, 1.82) is 0 Å². The molecule has 0 amide bonds. The molecule has 0 fully saturated rings. The summed E-state index contributed by atoms with van der Waals surface area (Å²) in [7, 11) is 0. The van der Waals surface area contributed by atoms with E-state index in [9.17, 15) is 9.90 Å². The van der Waals surface area contributed by atoms with Crippen molar-refractivity contribution >= 4 is 5.97 Å². The minimum atomic E-state index is -0.540. The zero-order chi connectivity index (χ0) is 37.0. The van der Waals surface area contributed by atoms with Crippen molar-refractivity contribution in [2.45, 2.75) is 225 Å². The van der Waals surface area contributed by atoms with Crippen LogP contribution in [0.1, 0.15) is 219 Å². The van der Waals surface area contributed by atoms with Crippen LogP contribution in [0.4, 0.5) is 0 Å². The van der Waals surface area contributed by atoms with E-state index in [1.54, 1.807) is 0 Å². The Morgan fingerprint density at radius 1 is 0.471 bits per heavy atom. The van der Waals surface area contributed by atoms with Crippen LogP contribution in [-0.4, -0.2) is 37.0 Å². The molecular weight excluding hydrogens is 629 g/mol. The molecule has 0 saturated carbocycles. The highest BCUT2D eigenvalue weighted by atomic mass is 16.6. The fourth-order valence-electron chi connectivity index (χ4n) is 6.27. The Morgan fingerprint density at radius 2 is 0.824 bits per heavy atom. The van der Waals surface area contributed by atoms with Crippen molar-refractivity contribution in [3.8, 4) is 0 Å². The maximum absolute atomic E-state index is 12.2. The number of carbonyl (C=O) groups is 1. The van der Waals surface area contributed by atoms with Gasteiger partial charge in [-0.1, -0.05) is 184 Å². The second-order valence-corrected chi connectivity index (χ2v) is 14.8. The van der Waals surface area contributed by atoms with Crippen molar-refractivity contribution < 1.29 is 19.4 Å². The third-order valence-corrected chi connectivity index (χ3v) is 9.63. The second kappa shape index (κ2) is 44.5. The summed E-state index contributed by atoms with van der Waals surface area (Å²) in [6.07, 6.45) is 57.4. The van der Waals surface area contributed by atoms with Crippen LogP contribution < -0.4 is 0 Å². The predicted molar refractivity (Wildman–Crippen MR) is 223 cm³/mol. The van der Waals surface area contributed by atoms with Crippen molar-refractivity contribution in [3.05, 3.63) is 48.6 Å². The molecule has 0 aliphatic heterocycles. The molecule has 0 aromatic heterocycles. The van der Waals surface area contributed by atoms with E-state index in [0.29, 0.717) is 19.6 Å². The molecule has 0 rings (SSSR count). The molecule has 0 saturated heterocycles. The SMILES string of the molecule is CCCCC/C=C\C/C=C\CCCCCCCCCCOCC(CO)OC(=O)CCCCCCCCCCC/C=C\C/C=C\CCCCCCC. The van der Waals surface area contributed by atoms with E-state index in [2.05, 4.69) is 62.5 Å². The molecule has 298 valence electrons. The summed E-state index contributed by atoms with van der Waals surface area (Å²) in [6, 6.07) is 0. The van der Waals surface area contributed by atoms with E-state index in [4.69, 9.17) is 9.47 Å². The summed E-state index contributed by atoms with van der Waals surface area (Å²) < 4.78 is 11.2. The maximum Gasteiger partial charge on any atom is 0.306 e. The third-order valence-electron chi connectivity index (χ3n) is 9.63. The van der Waals surface area contributed by atoms with E-state index in [-0.39, 0.29) is 12.6 Å². The standard InChI is InChI=1S/C47H86O4/c1-3-5-7-9-11-13-15-17-19-21-23-24-25-26-28-30-32-34-36-38-40-42-47(49)51-46(44-48)45-50-43-41-39-37-35-33-31-29-27-22-20-18-16-14-12-10-8-6-4-2/h12,14-15,17-18,20-21,23,46,48H,3-11,13,16,19,22,24-45H2,1-2H3/b14-12-,17-15-,20-18-,23-21-. The van der Waals surface area contributed by atoms with Crippen LogP contribution in [0.5, 0.6) is 0 Å². The van der Waals surface area contributed by atoms with Crippen LogP contribution in [0.3, 0.4) is 0 Å². The molecule has 51 heavy (non-hydrogen) atoms. The van der Waals surface area contributed by atoms with Crippen molar-refractivity contribution in [2.24, 2.45) is 0 Å². The molecule has 0 aromatic carbocycles. The highest BCUT2D eigenvalue weighted by Gasteiger charge is 2.13. The number of unbranched alkanes of at least 4 members (excludes halogenated alkanes) is 25. The minimum Gasteiger partial charge on any atom is -0.457 e. The lowest BCUT2D eigenvalue weighted by molar-refractivity contribution is -0.154. The number of hydrogen-bond donors (Lipinski definition) is 1. The zero-order valence-corrected chi connectivity index (χ0v) is 34.1. The number of carbonyl (C=O) groups excluding carboxylic acids is 1. The number of allylic oxidation sites excluding steroid dienone is 8. The van der Waals surface area contributed by atoms with Crippen molar-refractivity contribution in [1.82, 2.24) is 0 Å². The lowest BCUT2D eigenvalue weighted by Gasteiger charge is -2.16. The Hall–Kier alpha value is -1.65.